The van der Waals surface area contributed by atoms with Crippen molar-refractivity contribution in [1.82, 2.24) is 14.8 Å². The van der Waals surface area contributed by atoms with Crippen molar-refractivity contribution in [3.63, 3.8) is 0 Å². The van der Waals surface area contributed by atoms with E-state index < -0.39 is 5.54 Å². The minimum atomic E-state index is -0.676. The third kappa shape index (κ3) is 2.22. The molecular weight excluding hydrogens is 242 g/mol. The van der Waals surface area contributed by atoms with Gasteiger partial charge in [-0.2, -0.15) is 5.10 Å². The van der Waals surface area contributed by atoms with E-state index in [0.29, 0.717) is 0 Å². The second-order valence-electron chi connectivity index (χ2n) is 4.85. The predicted octanol–water partition coefficient (Wildman–Crippen LogP) is 1.09. The molecule has 98 valence electrons. The smallest absolute Gasteiger partial charge is 0.244 e. The van der Waals surface area contributed by atoms with E-state index in [2.05, 4.69) is 15.4 Å². The van der Waals surface area contributed by atoms with Gasteiger partial charge < -0.3 is 11.1 Å². The number of anilines is 1. The number of amides is 1. The number of nitrogens with zero attached hydrogens (tertiary/aromatic N) is 3. The zero-order valence-electron chi connectivity index (χ0n) is 10.4. The molecule has 0 spiro atoms. The lowest BCUT2D eigenvalue weighted by atomic mass is 9.77. The van der Waals surface area contributed by atoms with Crippen LogP contribution in [0.25, 0.3) is 5.69 Å². The van der Waals surface area contributed by atoms with Gasteiger partial charge in [0.05, 0.1) is 11.2 Å². The Morgan fingerprint density at radius 1 is 1.32 bits per heavy atom. The largest absolute Gasteiger partial charge is 0.324 e. The summed E-state index contributed by atoms with van der Waals surface area (Å²) in [5.74, 6) is -0.104. The van der Waals surface area contributed by atoms with Gasteiger partial charge in [0.15, 0.2) is 0 Å². The summed E-state index contributed by atoms with van der Waals surface area (Å²) in [6.07, 6.45) is 5.64. The van der Waals surface area contributed by atoms with Crippen LogP contribution in [0.15, 0.2) is 36.9 Å². The van der Waals surface area contributed by atoms with Crippen LogP contribution in [0.5, 0.6) is 0 Å². The summed E-state index contributed by atoms with van der Waals surface area (Å²) in [5.41, 5.74) is 6.92. The molecule has 2 aromatic rings. The fourth-order valence-electron chi connectivity index (χ4n) is 2.08. The molecule has 3 N–H and O–H groups in total. The Morgan fingerprint density at radius 3 is 2.58 bits per heavy atom. The van der Waals surface area contributed by atoms with Gasteiger partial charge in [-0.25, -0.2) is 9.67 Å². The highest BCUT2D eigenvalue weighted by Gasteiger charge is 2.40. The number of carbonyl (C=O) groups is 1. The normalized spacial score (nSPS) is 16.7. The van der Waals surface area contributed by atoms with Crippen LogP contribution in [0, 0.1) is 0 Å². The van der Waals surface area contributed by atoms with E-state index in [-0.39, 0.29) is 5.91 Å². The van der Waals surface area contributed by atoms with E-state index in [0.717, 1.165) is 30.6 Å². The monoisotopic (exact) mass is 257 g/mol. The van der Waals surface area contributed by atoms with Crippen molar-refractivity contribution in [1.29, 1.82) is 0 Å². The zero-order valence-corrected chi connectivity index (χ0v) is 10.4. The van der Waals surface area contributed by atoms with Crippen molar-refractivity contribution in [2.24, 2.45) is 5.73 Å². The van der Waals surface area contributed by atoms with Gasteiger partial charge in [0.1, 0.15) is 12.7 Å². The Labute approximate surface area is 110 Å². The molecule has 19 heavy (non-hydrogen) atoms. The lowest BCUT2D eigenvalue weighted by Crippen LogP contribution is -2.56. The van der Waals surface area contributed by atoms with E-state index in [1.165, 1.54) is 6.33 Å². The molecule has 1 aliphatic carbocycles. The Morgan fingerprint density at radius 2 is 2.05 bits per heavy atom. The van der Waals surface area contributed by atoms with Gasteiger partial charge >= 0.3 is 0 Å². The van der Waals surface area contributed by atoms with Gasteiger partial charge in [-0.1, -0.05) is 0 Å². The van der Waals surface area contributed by atoms with Crippen molar-refractivity contribution in [3.8, 4) is 5.69 Å². The number of carbonyl (C=O) groups excluding carboxylic acids is 1. The van der Waals surface area contributed by atoms with Gasteiger partial charge in [0.25, 0.3) is 0 Å². The van der Waals surface area contributed by atoms with Crippen LogP contribution < -0.4 is 11.1 Å². The highest BCUT2D eigenvalue weighted by Crippen LogP contribution is 2.30. The first kappa shape index (κ1) is 11.9. The van der Waals surface area contributed by atoms with Gasteiger partial charge in [-0.3, -0.25) is 4.79 Å². The number of nitrogens with two attached hydrogens (primary N) is 1. The molecular formula is C13H15N5O. The number of aromatic nitrogens is 3. The number of hydrogen-bond acceptors (Lipinski definition) is 4. The second-order valence-corrected chi connectivity index (χ2v) is 4.85. The van der Waals surface area contributed by atoms with E-state index in [9.17, 15) is 4.79 Å². The average molecular weight is 257 g/mol. The lowest BCUT2D eigenvalue weighted by molar-refractivity contribution is -0.123. The standard InChI is InChI=1S/C13H15N5O/c14-13(6-1-7-13)12(19)17-10-2-4-11(5-3-10)18-9-15-8-16-18/h2-5,8-9H,1,6-7,14H2,(H,17,19). The maximum Gasteiger partial charge on any atom is 0.244 e. The molecule has 1 aliphatic rings. The van der Waals surface area contributed by atoms with Gasteiger partial charge in [-0.05, 0) is 43.5 Å². The Hall–Kier alpha value is -2.21. The number of hydrogen-bond donors (Lipinski definition) is 2. The fourth-order valence-corrected chi connectivity index (χ4v) is 2.08. The molecule has 3 rings (SSSR count). The predicted molar refractivity (Wildman–Crippen MR) is 70.8 cm³/mol. The van der Waals surface area contributed by atoms with Gasteiger partial charge in [0.2, 0.25) is 5.91 Å². The molecule has 1 saturated carbocycles. The minimum Gasteiger partial charge on any atom is -0.324 e. The van der Waals surface area contributed by atoms with Crippen molar-refractivity contribution in [2.75, 3.05) is 5.32 Å². The molecule has 1 amide bonds. The molecule has 0 unspecified atom stereocenters. The van der Waals surface area contributed by atoms with Crippen LogP contribution >= 0.6 is 0 Å². The molecule has 0 aliphatic heterocycles. The molecule has 0 bridgehead atoms. The van der Waals surface area contributed by atoms with E-state index in [4.69, 9.17) is 5.73 Å². The molecule has 0 radical (unpaired) electrons. The number of nitrogens with one attached hydrogen (secondary N) is 1. The zero-order chi connectivity index (χ0) is 13.3. The summed E-state index contributed by atoms with van der Waals surface area (Å²) in [7, 11) is 0. The number of benzene rings is 1. The Kier molecular flexibility index (Phi) is 2.79. The first-order valence-corrected chi connectivity index (χ1v) is 6.23. The van der Waals surface area contributed by atoms with Crippen molar-refractivity contribution >= 4 is 11.6 Å². The molecule has 1 aromatic heterocycles. The van der Waals surface area contributed by atoms with E-state index >= 15 is 0 Å². The van der Waals surface area contributed by atoms with E-state index in [1.54, 1.807) is 11.0 Å². The minimum absolute atomic E-state index is 0.104. The topological polar surface area (TPSA) is 85.8 Å². The average Bonchev–Trinajstić information content (AvgIpc) is 2.90. The van der Waals surface area contributed by atoms with Crippen LogP contribution in [0.4, 0.5) is 5.69 Å². The molecule has 1 aromatic carbocycles. The van der Waals surface area contributed by atoms with Gasteiger partial charge in [-0.15, -0.1) is 0 Å². The summed E-state index contributed by atoms with van der Waals surface area (Å²) in [5, 5.41) is 6.88. The summed E-state index contributed by atoms with van der Waals surface area (Å²) in [6, 6.07) is 7.40. The highest BCUT2D eigenvalue weighted by atomic mass is 16.2. The van der Waals surface area contributed by atoms with Crippen molar-refractivity contribution in [3.05, 3.63) is 36.9 Å². The first-order valence-electron chi connectivity index (χ1n) is 6.23. The summed E-state index contributed by atoms with van der Waals surface area (Å²) < 4.78 is 1.65. The van der Waals surface area contributed by atoms with Crippen LogP contribution in [0.1, 0.15) is 19.3 Å². The highest BCUT2D eigenvalue weighted by molar-refractivity contribution is 5.98. The first-order chi connectivity index (χ1) is 9.17. The third-order valence-corrected chi connectivity index (χ3v) is 3.51. The van der Waals surface area contributed by atoms with Crippen LogP contribution in [0.2, 0.25) is 0 Å². The maximum atomic E-state index is 12.0. The molecule has 6 nitrogen and oxygen atoms in total. The van der Waals surface area contributed by atoms with Crippen LogP contribution in [0.3, 0.4) is 0 Å². The second kappa shape index (κ2) is 4.47. The SMILES string of the molecule is NC1(C(=O)Nc2ccc(-n3cncn3)cc2)CCC1. The third-order valence-electron chi connectivity index (χ3n) is 3.51. The summed E-state index contributed by atoms with van der Waals surface area (Å²) in [4.78, 5) is 15.9. The van der Waals surface area contributed by atoms with E-state index in [1.807, 2.05) is 24.3 Å². The molecule has 0 saturated heterocycles. The Bertz CT molecular complexity index is 572. The molecule has 1 fully saturated rings. The summed E-state index contributed by atoms with van der Waals surface area (Å²) in [6.45, 7) is 0. The molecule has 0 atom stereocenters. The summed E-state index contributed by atoms with van der Waals surface area (Å²) >= 11 is 0. The molecule has 1 heterocycles. The van der Waals surface area contributed by atoms with Gasteiger partial charge in [0, 0.05) is 5.69 Å². The quantitative estimate of drug-likeness (QED) is 0.861. The fraction of sp³-hybridized carbons (Fsp3) is 0.308. The lowest BCUT2D eigenvalue weighted by Gasteiger charge is -2.36. The maximum absolute atomic E-state index is 12.0. The van der Waals surface area contributed by atoms with Crippen LogP contribution in [-0.2, 0) is 4.79 Å². The number of rotatable bonds is 3. The van der Waals surface area contributed by atoms with Crippen molar-refractivity contribution < 1.29 is 4.79 Å². The molecule has 6 heteroatoms. The van der Waals surface area contributed by atoms with Crippen molar-refractivity contribution in [2.45, 2.75) is 24.8 Å². The van der Waals surface area contributed by atoms with Crippen LogP contribution in [-0.4, -0.2) is 26.2 Å². The Balaban J connectivity index is 1.71.